The normalized spacial score (nSPS) is 14.2. The van der Waals surface area contributed by atoms with Crippen LogP contribution in [-0.4, -0.2) is 53.1 Å². The Hall–Kier alpha value is -1.52. The number of carboxylic acid groups (broad SMARTS) is 1. The summed E-state index contributed by atoms with van der Waals surface area (Å²) in [6.07, 6.45) is 3.84. The maximum atomic E-state index is 12.1. The molecule has 96 valence electrons. The van der Waals surface area contributed by atoms with Gasteiger partial charge in [0.05, 0.1) is 0 Å². The number of aliphatic carboxylic acids is 1. The Kier molecular flexibility index (Phi) is 5.00. The summed E-state index contributed by atoms with van der Waals surface area (Å²) in [6, 6.07) is -0.207. The fourth-order valence-electron chi connectivity index (χ4n) is 1.68. The van der Waals surface area contributed by atoms with Crippen molar-refractivity contribution in [3.8, 4) is 0 Å². The number of hydrogen-bond donors (Lipinski definition) is 1. The first-order valence-electron chi connectivity index (χ1n) is 5.95. The second-order valence-electron chi connectivity index (χ2n) is 4.33. The van der Waals surface area contributed by atoms with Crippen molar-refractivity contribution in [2.45, 2.75) is 19.8 Å². The number of nitrogens with zero attached hydrogens (tertiary/aromatic N) is 2. The Morgan fingerprint density at radius 3 is 2.47 bits per heavy atom. The Balaban J connectivity index is 2.61. The fourth-order valence-corrected chi connectivity index (χ4v) is 1.68. The van der Waals surface area contributed by atoms with E-state index >= 15 is 0 Å². The molecule has 0 bridgehead atoms. The number of urea groups is 1. The highest BCUT2D eigenvalue weighted by Gasteiger charge is 2.29. The number of carbonyl (C=O) groups is 2. The van der Waals surface area contributed by atoms with E-state index in [0.717, 1.165) is 12.8 Å². The van der Waals surface area contributed by atoms with Gasteiger partial charge in [0, 0.05) is 19.6 Å². The molecule has 1 saturated carbocycles. The molecule has 0 heterocycles. The molecule has 0 aromatic heterocycles. The molecule has 17 heavy (non-hydrogen) atoms. The molecule has 0 aromatic carbocycles. The summed E-state index contributed by atoms with van der Waals surface area (Å²) in [5, 5.41) is 8.82. The largest absolute Gasteiger partial charge is 0.480 e. The minimum absolute atomic E-state index is 0.207. The molecular formula is C12H20N2O3. The van der Waals surface area contributed by atoms with Gasteiger partial charge in [-0.15, -0.1) is 6.58 Å². The SMILES string of the molecule is C=CCN(CC)C(=O)N(CC(=O)O)CC1CC1. The summed E-state index contributed by atoms with van der Waals surface area (Å²) in [5.74, 6) is -0.477. The average Bonchev–Trinajstić information content (AvgIpc) is 3.07. The minimum Gasteiger partial charge on any atom is -0.480 e. The van der Waals surface area contributed by atoms with E-state index in [-0.39, 0.29) is 12.6 Å². The van der Waals surface area contributed by atoms with Crippen molar-refractivity contribution in [1.82, 2.24) is 9.80 Å². The second-order valence-corrected chi connectivity index (χ2v) is 4.33. The van der Waals surface area contributed by atoms with Crippen LogP contribution in [0.3, 0.4) is 0 Å². The molecule has 1 fully saturated rings. The molecule has 0 aliphatic heterocycles. The van der Waals surface area contributed by atoms with Crippen LogP contribution in [0, 0.1) is 5.92 Å². The van der Waals surface area contributed by atoms with Crippen molar-refractivity contribution < 1.29 is 14.7 Å². The molecule has 0 radical (unpaired) electrons. The molecule has 0 atom stereocenters. The summed E-state index contributed by atoms with van der Waals surface area (Å²) in [5.41, 5.74) is 0. The maximum Gasteiger partial charge on any atom is 0.323 e. The van der Waals surface area contributed by atoms with Gasteiger partial charge in [0.2, 0.25) is 0 Å². The van der Waals surface area contributed by atoms with Crippen molar-refractivity contribution in [3.05, 3.63) is 12.7 Å². The standard InChI is InChI=1S/C12H20N2O3/c1-3-7-13(4-2)12(17)14(9-11(15)16)8-10-5-6-10/h3,10H,1,4-9H2,2H3,(H,15,16). The van der Waals surface area contributed by atoms with E-state index < -0.39 is 5.97 Å². The third-order valence-electron chi connectivity index (χ3n) is 2.77. The van der Waals surface area contributed by atoms with Crippen LogP contribution < -0.4 is 0 Å². The molecule has 5 nitrogen and oxygen atoms in total. The number of hydrogen-bond acceptors (Lipinski definition) is 2. The van der Waals surface area contributed by atoms with Crippen LogP contribution in [-0.2, 0) is 4.79 Å². The summed E-state index contributed by atoms with van der Waals surface area (Å²) >= 11 is 0. The number of carboxylic acids is 1. The Labute approximate surface area is 102 Å². The highest BCUT2D eigenvalue weighted by atomic mass is 16.4. The molecule has 0 unspecified atom stereocenters. The van der Waals surface area contributed by atoms with E-state index in [9.17, 15) is 9.59 Å². The zero-order valence-electron chi connectivity index (χ0n) is 10.3. The molecule has 2 amide bonds. The van der Waals surface area contributed by atoms with Crippen molar-refractivity contribution in [1.29, 1.82) is 0 Å². The predicted molar refractivity (Wildman–Crippen MR) is 64.8 cm³/mol. The lowest BCUT2D eigenvalue weighted by Gasteiger charge is -2.28. The maximum absolute atomic E-state index is 12.1. The second kappa shape index (κ2) is 6.27. The number of amides is 2. The highest BCUT2D eigenvalue weighted by molar-refractivity contribution is 5.80. The van der Waals surface area contributed by atoms with Gasteiger partial charge in [-0.05, 0) is 25.7 Å². The van der Waals surface area contributed by atoms with Crippen molar-refractivity contribution in [2.24, 2.45) is 5.92 Å². The summed E-state index contributed by atoms with van der Waals surface area (Å²) < 4.78 is 0. The van der Waals surface area contributed by atoms with E-state index in [1.165, 1.54) is 4.90 Å². The van der Waals surface area contributed by atoms with Crippen LogP contribution in [0.1, 0.15) is 19.8 Å². The van der Waals surface area contributed by atoms with Crippen LogP contribution >= 0.6 is 0 Å². The zero-order valence-corrected chi connectivity index (χ0v) is 10.3. The summed E-state index contributed by atoms with van der Waals surface area (Å²) in [4.78, 5) is 25.9. The third-order valence-corrected chi connectivity index (χ3v) is 2.77. The van der Waals surface area contributed by atoms with Gasteiger partial charge >= 0.3 is 12.0 Å². The van der Waals surface area contributed by atoms with Gasteiger partial charge in [-0.1, -0.05) is 6.08 Å². The lowest BCUT2D eigenvalue weighted by Crippen LogP contribution is -2.46. The molecule has 0 aromatic rings. The Bertz CT molecular complexity index is 300. The molecule has 0 saturated heterocycles. The van der Waals surface area contributed by atoms with Gasteiger partial charge in [0.1, 0.15) is 6.54 Å². The van der Waals surface area contributed by atoms with Gasteiger partial charge in [0.25, 0.3) is 0 Å². The van der Waals surface area contributed by atoms with Gasteiger partial charge < -0.3 is 14.9 Å². The van der Waals surface area contributed by atoms with Gasteiger partial charge in [-0.25, -0.2) is 4.79 Å². The van der Waals surface area contributed by atoms with Crippen LogP contribution in [0.2, 0.25) is 0 Å². The predicted octanol–water partition coefficient (Wildman–Crippen LogP) is 1.41. The van der Waals surface area contributed by atoms with Crippen molar-refractivity contribution in [2.75, 3.05) is 26.2 Å². The van der Waals surface area contributed by atoms with Crippen LogP contribution in [0.4, 0.5) is 4.79 Å². The average molecular weight is 240 g/mol. The monoisotopic (exact) mass is 240 g/mol. The first-order valence-corrected chi connectivity index (χ1v) is 5.95. The van der Waals surface area contributed by atoms with Gasteiger partial charge in [0.15, 0.2) is 0 Å². The van der Waals surface area contributed by atoms with E-state index in [2.05, 4.69) is 6.58 Å². The van der Waals surface area contributed by atoms with E-state index in [1.807, 2.05) is 6.92 Å². The quantitative estimate of drug-likeness (QED) is 0.684. The zero-order chi connectivity index (χ0) is 12.8. The first-order chi connectivity index (χ1) is 8.08. The molecule has 0 spiro atoms. The number of likely N-dealkylation sites (N-methyl/N-ethyl adjacent to an activating group) is 1. The van der Waals surface area contributed by atoms with Gasteiger partial charge in [-0.3, -0.25) is 4.79 Å². The smallest absolute Gasteiger partial charge is 0.323 e. The molecule has 1 rings (SSSR count). The van der Waals surface area contributed by atoms with Crippen molar-refractivity contribution >= 4 is 12.0 Å². The topological polar surface area (TPSA) is 60.9 Å². The number of rotatable bonds is 7. The highest BCUT2D eigenvalue weighted by Crippen LogP contribution is 2.29. The van der Waals surface area contributed by atoms with E-state index in [4.69, 9.17) is 5.11 Å². The lowest BCUT2D eigenvalue weighted by molar-refractivity contribution is -0.137. The summed E-state index contributed by atoms with van der Waals surface area (Å²) in [7, 11) is 0. The van der Waals surface area contributed by atoms with Crippen LogP contribution in [0.15, 0.2) is 12.7 Å². The van der Waals surface area contributed by atoms with Crippen LogP contribution in [0.5, 0.6) is 0 Å². The fraction of sp³-hybridized carbons (Fsp3) is 0.667. The minimum atomic E-state index is -0.964. The molecule has 5 heteroatoms. The molecular weight excluding hydrogens is 220 g/mol. The molecule has 1 aliphatic rings. The molecule has 1 N–H and O–H groups in total. The summed E-state index contributed by atoms with van der Waals surface area (Å²) in [6.45, 7) is 6.82. The number of carbonyl (C=O) groups excluding carboxylic acids is 1. The lowest BCUT2D eigenvalue weighted by atomic mass is 10.3. The first kappa shape index (κ1) is 13.5. The molecule has 1 aliphatic carbocycles. The Morgan fingerprint density at radius 1 is 1.41 bits per heavy atom. The van der Waals surface area contributed by atoms with Gasteiger partial charge in [-0.2, -0.15) is 0 Å². The van der Waals surface area contributed by atoms with Crippen molar-refractivity contribution in [3.63, 3.8) is 0 Å². The third kappa shape index (κ3) is 4.46. The van der Waals surface area contributed by atoms with E-state index in [0.29, 0.717) is 25.6 Å². The Morgan fingerprint density at radius 2 is 2.06 bits per heavy atom. The van der Waals surface area contributed by atoms with E-state index in [1.54, 1.807) is 11.0 Å². The van der Waals surface area contributed by atoms with Crippen LogP contribution in [0.25, 0.3) is 0 Å².